The number of hydrogen-bond acceptors (Lipinski definition) is 4. The van der Waals surface area contributed by atoms with E-state index in [1.165, 1.54) is 4.90 Å². The molecule has 2 saturated heterocycles. The second-order valence-electron chi connectivity index (χ2n) is 4.82. The Morgan fingerprint density at radius 1 is 1.29 bits per heavy atom. The molecule has 2 rings (SSSR count). The monoisotopic (exact) mass is 239 g/mol. The Hall–Kier alpha value is -1.43. The Bertz CT molecular complexity index is 367. The molecule has 6 heteroatoms. The summed E-state index contributed by atoms with van der Waals surface area (Å²) in [7, 11) is 0. The number of likely N-dealkylation sites (tertiary alicyclic amines) is 1. The van der Waals surface area contributed by atoms with Crippen molar-refractivity contribution in [3.05, 3.63) is 0 Å². The van der Waals surface area contributed by atoms with Crippen molar-refractivity contribution in [3.63, 3.8) is 0 Å². The molecule has 0 bridgehead atoms. The van der Waals surface area contributed by atoms with E-state index >= 15 is 0 Å². The summed E-state index contributed by atoms with van der Waals surface area (Å²) in [5, 5.41) is 5.77. The predicted octanol–water partition coefficient (Wildman–Crippen LogP) is -1.000. The van der Waals surface area contributed by atoms with E-state index in [0.29, 0.717) is 13.0 Å². The zero-order chi connectivity index (χ0) is 12.6. The highest BCUT2D eigenvalue weighted by Crippen LogP contribution is 2.17. The maximum Gasteiger partial charge on any atom is 0.247 e. The minimum Gasteiger partial charge on any atom is -0.354 e. The number of amides is 3. The van der Waals surface area contributed by atoms with Gasteiger partial charge in [0.05, 0.1) is 12.5 Å². The summed E-state index contributed by atoms with van der Waals surface area (Å²) in [6, 6.07) is -0.621. The molecule has 2 aliphatic heterocycles. The minimum absolute atomic E-state index is 0.0139. The smallest absolute Gasteiger partial charge is 0.247 e. The van der Waals surface area contributed by atoms with Crippen LogP contribution >= 0.6 is 0 Å². The summed E-state index contributed by atoms with van der Waals surface area (Å²) in [6.07, 6.45) is 0.571. The van der Waals surface area contributed by atoms with Crippen LogP contribution in [-0.4, -0.2) is 47.3 Å². The van der Waals surface area contributed by atoms with Gasteiger partial charge >= 0.3 is 0 Å². The Kier molecular flexibility index (Phi) is 3.15. The van der Waals surface area contributed by atoms with Crippen LogP contribution in [0.2, 0.25) is 0 Å². The van der Waals surface area contributed by atoms with E-state index in [1.54, 1.807) is 0 Å². The first kappa shape index (κ1) is 12.0. The highest BCUT2D eigenvalue weighted by molar-refractivity contribution is 6.05. The van der Waals surface area contributed by atoms with E-state index in [4.69, 9.17) is 0 Å². The molecule has 3 amide bonds. The molecule has 2 unspecified atom stereocenters. The molecule has 0 aromatic carbocycles. The maximum atomic E-state index is 12.0. The SMILES string of the molecule is CC(C)N1C(=O)CC(NC2CNC(=O)C2)C1=O. The van der Waals surface area contributed by atoms with Crippen LogP contribution in [0.5, 0.6) is 0 Å². The van der Waals surface area contributed by atoms with Crippen molar-refractivity contribution in [3.8, 4) is 0 Å². The zero-order valence-electron chi connectivity index (χ0n) is 10.0. The van der Waals surface area contributed by atoms with Crippen LogP contribution in [0.3, 0.4) is 0 Å². The van der Waals surface area contributed by atoms with E-state index in [0.717, 1.165) is 0 Å². The first-order valence-electron chi connectivity index (χ1n) is 5.87. The largest absolute Gasteiger partial charge is 0.354 e. The molecule has 0 aliphatic carbocycles. The van der Waals surface area contributed by atoms with Crippen molar-refractivity contribution < 1.29 is 14.4 Å². The van der Waals surface area contributed by atoms with Crippen LogP contribution in [0.15, 0.2) is 0 Å². The number of hydrogen-bond donors (Lipinski definition) is 2. The lowest BCUT2D eigenvalue weighted by Crippen LogP contribution is -2.46. The van der Waals surface area contributed by atoms with E-state index in [9.17, 15) is 14.4 Å². The molecule has 2 N–H and O–H groups in total. The molecule has 2 atom stereocenters. The molecule has 0 aromatic rings. The van der Waals surface area contributed by atoms with Crippen LogP contribution < -0.4 is 10.6 Å². The minimum atomic E-state index is -0.470. The molecule has 2 heterocycles. The Morgan fingerprint density at radius 2 is 2.00 bits per heavy atom. The third kappa shape index (κ3) is 2.31. The fourth-order valence-corrected chi connectivity index (χ4v) is 2.33. The molecule has 17 heavy (non-hydrogen) atoms. The summed E-state index contributed by atoms with van der Waals surface area (Å²) in [5.41, 5.74) is 0. The lowest BCUT2D eigenvalue weighted by atomic mass is 10.2. The van der Waals surface area contributed by atoms with Gasteiger partial charge < -0.3 is 10.6 Å². The standard InChI is InChI=1S/C11H17N3O3/c1-6(2)14-10(16)4-8(11(14)17)13-7-3-9(15)12-5-7/h6-8,13H,3-5H2,1-2H3,(H,12,15). The van der Waals surface area contributed by atoms with Gasteiger partial charge in [-0.2, -0.15) is 0 Å². The average molecular weight is 239 g/mol. The normalized spacial score (nSPS) is 29.4. The van der Waals surface area contributed by atoms with Gasteiger partial charge in [-0.25, -0.2) is 0 Å². The van der Waals surface area contributed by atoms with Crippen molar-refractivity contribution in [1.82, 2.24) is 15.5 Å². The second-order valence-corrected chi connectivity index (χ2v) is 4.82. The average Bonchev–Trinajstić information content (AvgIpc) is 2.73. The number of carbonyl (C=O) groups excluding carboxylic acids is 3. The fraction of sp³-hybridized carbons (Fsp3) is 0.727. The van der Waals surface area contributed by atoms with Gasteiger partial charge in [0.2, 0.25) is 17.7 Å². The van der Waals surface area contributed by atoms with Crippen molar-refractivity contribution in [2.45, 2.75) is 44.8 Å². The maximum absolute atomic E-state index is 12.0. The van der Waals surface area contributed by atoms with Crippen molar-refractivity contribution in [2.24, 2.45) is 0 Å². The van der Waals surface area contributed by atoms with Crippen molar-refractivity contribution in [2.75, 3.05) is 6.54 Å². The van der Waals surface area contributed by atoms with Crippen LogP contribution in [-0.2, 0) is 14.4 Å². The second kappa shape index (κ2) is 4.44. The molecule has 2 fully saturated rings. The van der Waals surface area contributed by atoms with Gasteiger partial charge in [0.15, 0.2) is 0 Å². The van der Waals surface area contributed by atoms with Crippen molar-refractivity contribution >= 4 is 17.7 Å². The predicted molar refractivity (Wildman–Crippen MR) is 59.9 cm³/mol. The highest BCUT2D eigenvalue weighted by Gasteiger charge is 2.41. The molecule has 0 spiro atoms. The Morgan fingerprint density at radius 3 is 2.47 bits per heavy atom. The highest BCUT2D eigenvalue weighted by atomic mass is 16.2. The molecule has 0 saturated carbocycles. The van der Waals surface area contributed by atoms with Gasteiger partial charge in [0.1, 0.15) is 0 Å². The van der Waals surface area contributed by atoms with Crippen LogP contribution in [0.4, 0.5) is 0 Å². The van der Waals surface area contributed by atoms with Gasteiger partial charge in [0, 0.05) is 25.0 Å². The number of carbonyl (C=O) groups is 3. The molecule has 6 nitrogen and oxygen atoms in total. The van der Waals surface area contributed by atoms with Gasteiger partial charge in [0.25, 0.3) is 0 Å². The van der Waals surface area contributed by atoms with E-state index in [2.05, 4.69) is 10.6 Å². The first-order chi connectivity index (χ1) is 7.99. The third-order valence-corrected chi connectivity index (χ3v) is 3.11. The van der Waals surface area contributed by atoms with Crippen LogP contribution in [0, 0.1) is 0 Å². The van der Waals surface area contributed by atoms with Crippen molar-refractivity contribution in [1.29, 1.82) is 0 Å². The Labute approximate surface area is 99.7 Å². The van der Waals surface area contributed by atoms with Gasteiger partial charge in [-0.05, 0) is 13.8 Å². The zero-order valence-corrected chi connectivity index (χ0v) is 10.0. The molecular formula is C11H17N3O3. The van der Waals surface area contributed by atoms with E-state index < -0.39 is 6.04 Å². The molecule has 0 aromatic heterocycles. The summed E-state index contributed by atoms with van der Waals surface area (Å²) in [4.78, 5) is 35.9. The van der Waals surface area contributed by atoms with Crippen LogP contribution in [0.25, 0.3) is 0 Å². The molecule has 2 aliphatic rings. The third-order valence-electron chi connectivity index (χ3n) is 3.11. The van der Waals surface area contributed by atoms with Gasteiger partial charge in [-0.1, -0.05) is 0 Å². The molecular weight excluding hydrogens is 222 g/mol. The lowest BCUT2D eigenvalue weighted by Gasteiger charge is -2.20. The van der Waals surface area contributed by atoms with Crippen LogP contribution in [0.1, 0.15) is 26.7 Å². The number of nitrogens with zero attached hydrogens (tertiary/aromatic N) is 1. The van der Waals surface area contributed by atoms with Gasteiger partial charge in [-0.15, -0.1) is 0 Å². The summed E-state index contributed by atoms with van der Waals surface area (Å²) in [5.74, 6) is -0.330. The van der Waals surface area contributed by atoms with Gasteiger partial charge in [-0.3, -0.25) is 19.3 Å². The summed E-state index contributed by atoms with van der Waals surface area (Å²) >= 11 is 0. The number of nitrogens with one attached hydrogen (secondary N) is 2. The molecule has 0 radical (unpaired) electrons. The topological polar surface area (TPSA) is 78.5 Å². The summed E-state index contributed by atoms with van der Waals surface area (Å²) < 4.78 is 0. The molecule has 94 valence electrons. The lowest BCUT2D eigenvalue weighted by molar-refractivity contribution is -0.140. The quantitative estimate of drug-likeness (QED) is 0.619. The fourth-order valence-electron chi connectivity index (χ4n) is 2.33. The Balaban J connectivity index is 1.97. The number of rotatable bonds is 3. The number of imide groups is 1. The van der Waals surface area contributed by atoms with E-state index in [1.807, 2.05) is 13.8 Å². The summed E-state index contributed by atoms with van der Waals surface area (Å²) in [6.45, 7) is 4.16. The first-order valence-corrected chi connectivity index (χ1v) is 5.87. The van der Waals surface area contributed by atoms with E-state index in [-0.39, 0.29) is 36.2 Å².